The highest BCUT2D eigenvalue weighted by molar-refractivity contribution is 9.10. The molecule has 0 N–H and O–H groups in total. The third-order valence-electron chi connectivity index (χ3n) is 1.58. The molecule has 1 rings (SSSR count). The molecule has 0 fully saturated rings. The molecule has 1 nitrogen and oxygen atoms in total. The fourth-order valence-corrected chi connectivity index (χ4v) is 1.53. The van der Waals surface area contributed by atoms with Crippen LogP contribution >= 0.6 is 15.9 Å². The Hall–Kier alpha value is -0.240. The maximum atomic E-state index is 5.40. The van der Waals surface area contributed by atoms with E-state index in [2.05, 4.69) is 28.9 Å². The normalized spacial score (nSPS) is 29.9. The topological polar surface area (TPSA) is 9.23 Å². The van der Waals surface area contributed by atoms with E-state index >= 15 is 0 Å². The van der Waals surface area contributed by atoms with Crippen molar-refractivity contribution in [3.63, 3.8) is 0 Å². The first kappa shape index (κ1) is 8.85. The third-order valence-corrected chi connectivity index (χ3v) is 2.12. The summed E-state index contributed by atoms with van der Waals surface area (Å²) in [7, 11) is 0. The molecule has 62 valence electrons. The molecule has 11 heavy (non-hydrogen) atoms. The Labute approximate surface area is 76.3 Å². The van der Waals surface area contributed by atoms with E-state index in [4.69, 9.17) is 4.74 Å². The van der Waals surface area contributed by atoms with Crippen LogP contribution < -0.4 is 0 Å². The predicted octanol–water partition coefficient (Wildman–Crippen LogP) is 3.02. The Bertz CT molecular complexity index is 192. The van der Waals surface area contributed by atoms with Gasteiger partial charge in [0.2, 0.25) is 0 Å². The summed E-state index contributed by atoms with van der Waals surface area (Å²) in [5, 5.41) is 0. The summed E-state index contributed by atoms with van der Waals surface area (Å²) in [6, 6.07) is 0. The number of hydrogen-bond donors (Lipinski definition) is 0. The fraction of sp³-hybridized carbons (Fsp3) is 0.556. The van der Waals surface area contributed by atoms with Gasteiger partial charge in [0, 0.05) is 10.7 Å². The van der Waals surface area contributed by atoms with Crippen molar-refractivity contribution in [2.75, 3.05) is 6.61 Å². The van der Waals surface area contributed by atoms with E-state index in [1.165, 1.54) is 0 Å². The Morgan fingerprint density at radius 1 is 1.73 bits per heavy atom. The third kappa shape index (κ3) is 2.70. The monoisotopic (exact) mass is 216 g/mol. The maximum Gasteiger partial charge on any atom is 0.0976 e. The number of hydrogen-bond acceptors (Lipinski definition) is 1. The summed E-state index contributed by atoms with van der Waals surface area (Å²) < 4.78 is 5.49. The molecule has 0 amide bonds. The molecule has 1 atom stereocenters. The van der Waals surface area contributed by atoms with E-state index in [0.717, 1.165) is 18.8 Å². The van der Waals surface area contributed by atoms with Gasteiger partial charge in [-0.3, -0.25) is 0 Å². The van der Waals surface area contributed by atoms with Crippen molar-refractivity contribution in [1.82, 2.24) is 0 Å². The average molecular weight is 217 g/mol. The lowest BCUT2D eigenvalue weighted by atomic mass is 10.0. The molecular formula is C9H13BrO. The van der Waals surface area contributed by atoms with E-state index in [0.29, 0.717) is 0 Å². The molecule has 0 radical (unpaired) electrons. The van der Waals surface area contributed by atoms with E-state index in [1.54, 1.807) is 0 Å². The molecule has 0 aromatic heterocycles. The van der Waals surface area contributed by atoms with Crippen LogP contribution in [0.3, 0.4) is 0 Å². The zero-order valence-electron chi connectivity index (χ0n) is 6.93. The van der Waals surface area contributed by atoms with Gasteiger partial charge in [0.25, 0.3) is 0 Å². The van der Waals surface area contributed by atoms with Crippen LogP contribution in [0.4, 0.5) is 0 Å². The van der Waals surface area contributed by atoms with Crippen molar-refractivity contribution in [1.29, 1.82) is 0 Å². The van der Waals surface area contributed by atoms with Crippen molar-refractivity contribution in [2.24, 2.45) is 0 Å². The predicted molar refractivity (Wildman–Crippen MR) is 50.8 cm³/mol. The Kier molecular flexibility index (Phi) is 2.77. The molecule has 2 heteroatoms. The minimum atomic E-state index is 0.0895. The lowest BCUT2D eigenvalue weighted by Crippen LogP contribution is -2.16. The summed E-state index contributed by atoms with van der Waals surface area (Å²) in [6.07, 6.45) is 7.13. The van der Waals surface area contributed by atoms with E-state index in [1.807, 2.05) is 19.1 Å². The van der Waals surface area contributed by atoms with Crippen molar-refractivity contribution in [3.05, 3.63) is 24.0 Å². The molecule has 0 spiro atoms. The average Bonchev–Trinajstić information content (AvgIpc) is 1.85. The Balaban J connectivity index is 2.58. The van der Waals surface area contributed by atoms with Gasteiger partial charge in [-0.15, -0.1) is 0 Å². The highest BCUT2D eigenvalue weighted by Crippen LogP contribution is 2.30. The zero-order valence-corrected chi connectivity index (χ0v) is 8.52. The summed E-state index contributed by atoms with van der Waals surface area (Å²) in [4.78, 5) is 0. The van der Waals surface area contributed by atoms with E-state index < -0.39 is 0 Å². The van der Waals surface area contributed by atoms with Crippen LogP contribution in [0.25, 0.3) is 0 Å². The largest absolute Gasteiger partial charge is 0.498 e. The number of halogens is 1. The smallest absolute Gasteiger partial charge is 0.0976 e. The molecule has 1 unspecified atom stereocenters. The zero-order chi connectivity index (χ0) is 8.32. The quantitative estimate of drug-likeness (QED) is 0.646. The van der Waals surface area contributed by atoms with Gasteiger partial charge in [-0.25, -0.2) is 0 Å². The molecule has 0 aromatic carbocycles. The first-order valence-electron chi connectivity index (χ1n) is 3.84. The van der Waals surface area contributed by atoms with Crippen LogP contribution in [-0.2, 0) is 4.74 Å². The molecule has 0 saturated heterocycles. The number of alkyl halides is 1. The van der Waals surface area contributed by atoms with Gasteiger partial charge in [-0.2, -0.15) is 0 Å². The van der Waals surface area contributed by atoms with Gasteiger partial charge in [-0.05, 0) is 19.9 Å². The van der Waals surface area contributed by atoms with Crippen molar-refractivity contribution < 1.29 is 4.74 Å². The van der Waals surface area contributed by atoms with Gasteiger partial charge < -0.3 is 4.74 Å². The summed E-state index contributed by atoms with van der Waals surface area (Å²) in [6.45, 7) is 4.89. The SMILES string of the molecule is CCOC1=CC=CC(C)(Br)C1. The van der Waals surface area contributed by atoms with Crippen LogP contribution in [0, 0.1) is 0 Å². The highest BCUT2D eigenvalue weighted by atomic mass is 79.9. The van der Waals surface area contributed by atoms with Gasteiger partial charge in [-0.1, -0.05) is 28.1 Å². The molecule has 0 aliphatic heterocycles. The lowest BCUT2D eigenvalue weighted by Gasteiger charge is -2.22. The van der Waals surface area contributed by atoms with Crippen LogP contribution in [0.15, 0.2) is 24.0 Å². The molecule has 0 saturated carbocycles. The molecule has 0 bridgehead atoms. The van der Waals surface area contributed by atoms with Gasteiger partial charge in [0.05, 0.1) is 12.4 Å². The molecule has 0 heterocycles. The van der Waals surface area contributed by atoms with Crippen LogP contribution in [0.2, 0.25) is 0 Å². The van der Waals surface area contributed by atoms with Crippen LogP contribution in [0.5, 0.6) is 0 Å². The minimum Gasteiger partial charge on any atom is -0.498 e. The van der Waals surface area contributed by atoms with Crippen molar-refractivity contribution in [2.45, 2.75) is 24.6 Å². The molecular weight excluding hydrogens is 204 g/mol. The van der Waals surface area contributed by atoms with Crippen LogP contribution in [0.1, 0.15) is 20.3 Å². The minimum absolute atomic E-state index is 0.0895. The Morgan fingerprint density at radius 2 is 2.45 bits per heavy atom. The first-order chi connectivity index (χ1) is 5.14. The number of allylic oxidation sites excluding steroid dienone is 4. The fourth-order valence-electron chi connectivity index (χ4n) is 1.10. The van der Waals surface area contributed by atoms with Gasteiger partial charge in [0.1, 0.15) is 0 Å². The van der Waals surface area contributed by atoms with Gasteiger partial charge in [0.15, 0.2) is 0 Å². The number of rotatable bonds is 2. The lowest BCUT2D eigenvalue weighted by molar-refractivity contribution is 0.214. The second-order valence-corrected chi connectivity index (χ2v) is 4.69. The van der Waals surface area contributed by atoms with Crippen molar-refractivity contribution >= 4 is 15.9 Å². The van der Waals surface area contributed by atoms with E-state index in [-0.39, 0.29) is 4.32 Å². The second kappa shape index (κ2) is 3.44. The maximum absolute atomic E-state index is 5.40. The molecule has 0 aromatic rings. The van der Waals surface area contributed by atoms with Gasteiger partial charge >= 0.3 is 0 Å². The molecule has 1 aliphatic rings. The Morgan fingerprint density at radius 3 is 3.00 bits per heavy atom. The summed E-state index contributed by atoms with van der Waals surface area (Å²) >= 11 is 3.60. The summed E-state index contributed by atoms with van der Waals surface area (Å²) in [5.41, 5.74) is 0. The van der Waals surface area contributed by atoms with Crippen LogP contribution in [-0.4, -0.2) is 10.9 Å². The highest BCUT2D eigenvalue weighted by Gasteiger charge is 2.21. The van der Waals surface area contributed by atoms with Crippen molar-refractivity contribution in [3.8, 4) is 0 Å². The van der Waals surface area contributed by atoms with E-state index in [9.17, 15) is 0 Å². The summed E-state index contributed by atoms with van der Waals surface area (Å²) in [5.74, 6) is 1.06. The number of ether oxygens (including phenoxy) is 1. The second-order valence-electron chi connectivity index (χ2n) is 2.88. The molecule has 1 aliphatic carbocycles. The standard InChI is InChI=1S/C9H13BrO/c1-3-11-8-5-4-6-9(2,10)7-8/h4-6H,3,7H2,1-2H3. The first-order valence-corrected chi connectivity index (χ1v) is 4.63.